The highest BCUT2D eigenvalue weighted by Crippen LogP contribution is 2.04. The lowest BCUT2D eigenvalue weighted by molar-refractivity contribution is -0.134. The van der Waals surface area contributed by atoms with Gasteiger partial charge in [0, 0.05) is 32.9 Å². The van der Waals surface area contributed by atoms with Crippen LogP contribution in [0.3, 0.4) is 0 Å². The highest BCUT2D eigenvalue weighted by Gasteiger charge is 2.05. The van der Waals surface area contributed by atoms with E-state index in [1.165, 1.54) is 19.4 Å². The van der Waals surface area contributed by atoms with Crippen molar-refractivity contribution in [2.75, 3.05) is 20.3 Å². The van der Waals surface area contributed by atoms with E-state index >= 15 is 0 Å². The quantitative estimate of drug-likeness (QED) is 0.750. The lowest BCUT2D eigenvalue weighted by Gasteiger charge is -2.17. The Labute approximate surface area is 85.8 Å². The van der Waals surface area contributed by atoms with E-state index < -0.39 is 5.97 Å². The molecule has 14 heavy (non-hydrogen) atoms. The van der Waals surface area contributed by atoms with Crippen molar-refractivity contribution in [2.45, 2.75) is 26.7 Å². The summed E-state index contributed by atoms with van der Waals surface area (Å²) in [6.45, 7) is 5.58. The fourth-order valence-corrected chi connectivity index (χ4v) is 1.10. The predicted octanol–water partition coefficient (Wildman–Crippen LogP) is 1.55. The first-order valence-corrected chi connectivity index (χ1v) is 4.88. The van der Waals surface area contributed by atoms with E-state index in [0.717, 1.165) is 13.6 Å². The Morgan fingerprint density at radius 1 is 1.50 bits per heavy atom. The van der Waals surface area contributed by atoms with Crippen LogP contribution in [0, 0.1) is 0 Å². The van der Waals surface area contributed by atoms with Crippen molar-refractivity contribution in [2.24, 2.45) is 0 Å². The van der Waals surface area contributed by atoms with E-state index in [1.54, 1.807) is 0 Å². The number of carboxylic acid groups (broad SMARTS) is 1. The first kappa shape index (κ1) is 12.8. The van der Waals surface area contributed by atoms with Gasteiger partial charge in [-0.1, -0.05) is 13.3 Å². The molecule has 0 bridgehead atoms. The second kappa shape index (κ2) is 7.24. The van der Waals surface area contributed by atoms with Gasteiger partial charge in [-0.2, -0.15) is 0 Å². The van der Waals surface area contributed by atoms with Crippen molar-refractivity contribution in [1.82, 2.24) is 9.80 Å². The highest BCUT2D eigenvalue weighted by atomic mass is 16.4. The number of hydrogen-bond acceptors (Lipinski definition) is 3. The number of carboxylic acids is 1. The standard InChI is InChI=1S/C8H16N2.C2H4O2/c1-3-4-5-10-7-6-9(2)8-10;1-2(3)4/h6-7H,3-5,8H2,1-2H3;1H3,(H,3,4). The van der Waals surface area contributed by atoms with Crippen LogP contribution in [0.4, 0.5) is 0 Å². The molecular formula is C10H20N2O2. The minimum atomic E-state index is -0.833. The topological polar surface area (TPSA) is 43.8 Å². The fourth-order valence-electron chi connectivity index (χ4n) is 1.10. The van der Waals surface area contributed by atoms with Gasteiger partial charge in [0.1, 0.15) is 0 Å². The third kappa shape index (κ3) is 7.46. The zero-order chi connectivity index (χ0) is 11.0. The Balaban J connectivity index is 0.000000364. The van der Waals surface area contributed by atoms with Crippen LogP contribution in [-0.2, 0) is 4.79 Å². The SMILES string of the molecule is CC(=O)O.CCCCN1C=CN(C)C1. The van der Waals surface area contributed by atoms with Gasteiger partial charge in [-0.25, -0.2) is 0 Å². The summed E-state index contributed by atoms with van der Waals surface area (Å²) in [6, 6.07) is 0. The molecule has 1 heterocycles. The summed E-state index contributed by atoms with van der Waals surface area (Å²) in [6.07, 6.45) is 6.87. The number of nitrogens with zero attached hydrogens (tertiary/aromatic N) is 2. The molecule has 1 aliphatic rings. The maximum Gasteiger partial charge on any atom is 0.300 e. The van der Waals surface area contributed by atoms with Crippen LogP contribution < -0.4 is 0 Å². The lowest BCUT2D eigenvalue weighted by Crippen LogP contribution is -2.23. The first-order chi connectivity index (χ1) is 6.56. The molecule has 0 saturated heterocycles. The van der Waals surface area contributed by atoms with Gasteiger partial charge in [0.05, 0.1) is 6.67 Å². The van der Waals surface area contributed by atoms with Crippen molar-refractivity contribution in [3.63, 3.8) is 0 Å². The molecular weight excluding hydrogens is 180 g/mol. The molecule has 0 aromatic rings. The summed E-state index contributed by atoms with van der Waals surface area (Å²) in [5, 5.41) is 7.42. The maximum atomic E-state index is 9.00. The first-order valence-electron chi connectivity index (χ1n) is 4.88. The molecule has 0 atom stereocenters. The summed E-state index contributed by atoms with van der Waals surface area (Å²) >= 11 is 0. The van der Waals surface area contributed by atoms with Crippen LogP contribution >= 0.6 is 0 Å². The number of hydrogen-bond donors (Lipinski definition) is 1. The van der Waals surface area contributed by atoms with Crippen molar-refractivity contribution >= 4 is 5.97 Å². The van der Waals surface area contributed by atoms with E-state index in [9.17, 15) is 0 Å². The Bertz CT molecular complexity index is 189. The molecule has 0 aromatic carbocycles. The van der Waals surface area contributed by atoms with Gasteiger partial charge in [0.25, 0.3) is 5.97 Å². The molecule has 4 nitrogen and oxygen atoms in total. The average Bonchev–Trinajstić information content (AvgIpc) is 2.47. The molecule has 0 amide bonds. The van der Waals surface area contributed by atoms with Crippen LogP contribution in [0.1, 0.15) is 26.7 Å². The summed E-state index contributed by atoms with van der Waals surface area (Å²) in [5.41, 5.74) is 0. The third-order valence-corrected chi connectivity index (χ3v) is 1.74. The third-order valence-electron chi connectivity index (χ3n) is 1.74. The maximum absolute atomic E-state index is 9.00. The Morgan fingerprint density at radius 3 is 2.43 bits per heavy atom. The molecule has 1 N–H and O–H groups in total. The molecule has 1 rings (SSSR count). The molecule has 0 aliphatic carbocycles. The number of carbonyl (C=O) groups is 1. The van der Waals surface area contributed by atoms with Gasteiger partial charge in [-0.15, -0.1) is 0 Å². The average molecular weight is 200 g/mol. The summed E-state index contributed by atoms with van der Waals surface area (Å²) in [4.78, 5) is 13.5. The lowest BCUT2D eigenvalue weighted by atomic mass is 10.3. The molecule has 0 radical (unpaired) electrons. The van der Waals surface area contributed by atoms with Gasteiger partial charge in [0.2, 0.25) is 0 Å². The van der Waals surface area contributed by atoms with E-state index in [4.69, 9.17) is 9.90 Å². The van der Waals surface area contributed by atoms with Crippen molar-refractivity contribution in [1.29, 1.82) is 0 Å². The molecule has 82 valence electrons. The molecule has 0 spiro atoms. The summed E-state index contributed by atoms with van der Waals surface area (Å²) in [5.74, 6) is -0.833. The van der Waals surface area contributed by atoms with E-state index in [1.807, 2.05) is 0 Å². The van der Waals surface area contributed by atoms with E-state index in [2.05, 4.69) is 36.2 Å². The second-order valence-corrected chi connectivity index (χ2v) is 3.38. The molecule has 4 heteroatoms. The van der Waals surface area contributed by atoms with Crippen molar-refractivity contribution in [3.8, 4) is 0 Å². The zero-order valence-electron chi connectivity index (χ0n) is 9.23. The molecule has 0 unspecified atom stereocenters. The Hall–Kier alpha value is -1.19. The van der Waals surface area contributed by atoms with Gasteiger partial charge in [0.15, 0.2) is 0 Å². The van der Waals surface area contributed by atoms with Crippen molar-refractivity contribution < 1.29 is 9.90 Å². The number of aliphatic carboxylic acids is 1. The molecule has 0 aromatic heterocycles. The summed E-state index contributed by atoms with van der Waals surface area (Å²) in [7, 11) is 2.10. The Kier molecular flexibility index (Phi) is 6.62. The largest absolute Gasteiger partial charge is 0.481 e. The van der Waals surface area contributed by atoms with Crippen LogP contribution in [0.25, 0.3) is 0 Å². The number of rotatable bonds is 3. The zero-order valence-corrected chi connectivity index (χ0v) is 9.23. The van der Waals surface area contributed by atoms with Gasteiger partial charge in [-0.05, 0) is 6.42 Å². The second-order valence-electron chi connectivity index (χ2n) is 3.38. The normalized spacial score (nSPS) is 13.9. The minimum Gasteiger partial charge on any atom is -0.481 e. The van der Waals surface area contributed by atoms with E-state index in [-0.39, 0.29) is 0 Å². The monoisotopic (exact) mass is 200 g/mol. The van der Waals surface area contributed by atoms with Gasteiger partial charge >= 0.3 is 0 Å². The van der Waals surface area contributed by atoms with Gasteiger partial charge in [-0.3, -0.25) is 4.79 Å². The smallest absolute Gasteiger partial charge is 0.300 e. The predicted molar refractivity (Wildman–Crippen MR) is 56.7 cm³/mol. The fraction of sp³-hybridized carbons (Fsp3) is 0.700. The number of unbranched alkanes of at least 4 members (excludes halogenated alkanes) is 1. The van der Waals surface area contributed by atoms with Crippen LogP contribution in [0.5, 0.6) is 0 Å². The van der Waals surface area contributed by atoms with Gasteiger partial charge < -0.3 is 14.9 Å². The van der Waals surface area contributed by atoms with Crippen LogP contribution in [-0.4, -0.2) is 41.1 Å². The van der Waals surface area contributed by atoms with E-state index in [0.29, 0.717) is 0 Å². The van der Waals surface area contributed by atoms with Crippen LogP contribution in [0.15, 0.2) is 12.4 Å². The Morgan fingerprint density at radius 2 is 2.07 bits per heavy atom. The van der Waals surface area contributed by atoms with Crippen molar-refractivity contribution in [3.05, 3.63) is 12.4 Å². The summed E-state index contributed by atoms with van der Waals surface area (Å²) < 4.78 is 0. The highest BCUT2D eigenvalue weighted by molar-refractivity contribution is 5.62. The minimum absolute atomic E-state index is 0.833. The molecule has 1 aliphatic heterocycles. The van der Waals surface area contributed by atoms with Crippen LogP contribution in [0.2, 0.25) is 0 Å². The molecule has 0 saturated carbocycles. The molecule has 0 fully saturated rings.